The minimum Gasteiger partial charge on any atom is -0.231 e. The van der Waals surface area contributed by atoms with Crippen LogP contribution < -0.4 is 0 Å². The van der Waals surface area contributed by atoms with Crippen molar-refractivity contribution in [2.45, 2.75) is 20.3 Å². The normalized spacial score (nSPS) is 10.8. The third-order valence-electron chi connectivity index (χ3n) is 2.52. The van der Waals surface area contributed by atoms with E-state index in [9.17, 15) is 0 Å². The van der Waals surface area contributed by atoms with Crippen molar-refractivity contribution in [3.8, 4) is 11.3 Å². The average Bonchev–Trinajstić information content (AvgIpc) is 2.29. The van der Waals surface area contributed by atoms with Crippen LogP contribution in [0.15, 0.2) is 41.3 Å². The second kappa shape index (κ2) is 5.41. The Labute approximate surface area is 110 Å². The summed E-state index contributed by atoms with van der Waals surface area (Å²) in [5.41, 5.74) is 3.44. The minimum atomic E-state index is 0.626. The molecule has 0 atom stereocenters. The quantitative estimate of drug-likeness (QED) is 0.795. The van der Waals surface area contributed by atoms with Gasteiger partial charge in [-0.2, -0.15) is 0 Å². The van der Waals surface area contributed by atoms with Crippen LogP contribution in [-0.4, -0.2) is 9.97 Å². The highest BCUT2D eigenvalue weighted by Gasteiger charge is 2.02. The molecule has 1 aromatic carbocycles. The number of aromatic nitrogens is 2. The van der Waals surface area contributed by atoms with Crippen molar-refractivity contribution in [2.24, 2.45) is 5.92 Å². The highest BCUT2D eigenvalue weighted by Crippen LogP contribution is 2.19. The molecule has 0 unspecified atom stereocenters. The van der Waals surface area contributed by atoms with Gasteiger partial charge >= 0.3 is 0 Å². The van der Waals surface area contributed by atoms with Gasteiger partial charge in [0.25, 0.3) is 0 Å². The second-order valence-corrected chi connectivity index (χ2v) is 5.22. The molecule has 0 saturated heterocycles. The number of halogens is 1. The molecule has 1 aromatic heterocycles. The number of rotatable bonds is 3. The van der Waals surface area contributed by atoms with Crippen LogP contribution in [0.1, 0.15) is 19.4 Å². The third-order valence-corrected chi connectivity index (χ3v) is 2.90. The van der Waals surface area contributed by atoms with Crippen LogP contribution in [0.5, 0.6) is 0 Å². The molecule has 2 aromatic rings. The first kappa shape index (κ1) is 12.2. The van der Waals surface area contributed by atoms with Crippen molar-refractivity contribution < 1.29 is 0 Å². The first-order chi connectivity index (χ1) is 8.15. The lowest BCUT2D eigenvalue weighted by molar-refractivity contribution is 0.647. The molecule has 0 radical (unpaired) electrons. The molecule has 0 amide bonds. The maximum Gasteiger partial charge on any atom is 0.197 e. The molecule has 0 fully saturated rings. The van der Waals surface area contributed by atoms with Crippen LogP contribution in [0.3, 0.4) is 0 Å². The van der Waals surface area contributed by atoms with E-state index in [0.29, 0.717) is 10.7 Å². The van der Waals surface area contributed by atoms with Gasteiger partial charge in [-0.25, -0.2) is 9.97 Å². The summed E-state index contributed by atoms with van der Waals surface area (Å²) < 4.78 is 0.626. The Morgan fingerprint density at radius 3 is 2.41 bits per heavy atom. The second-order valence-electron chi connectivity index (χ2n) is 4.51. The lowest BCUT2D eigenvalue weighted by Crippen LogP contribution is -1.94. The van der Waals surface area contributed by atoms with E-state index >= 15 is 0 Å². The molecule has 17 heavy (non-hydrogen) atoms. The third kappa shape index (κ3) is 3.37. The van der Waals surface area contributed by atoms with Gasteiger partial charge in [0.15, 0.2) is 4.73 Å². The van der Waals surface area contributed by atoms with Crippen LogP contribution in [0.25, 0.3) is 11.3 Å². The standard InChI is InChI=1S/C14H15BrN2/c1-10(2)9-11-3-5-12(6-4-11)13-7-8-16-14(15)17-13/h3-8,10H,9H2,1-2H3. The van der Waals surface area contributed by atoms with E-state index in [1.807, 2.05) is 6.07 Å². The van der Waals surface area contributed by atoms with Gasteiger partial charge in [0.05, 0.1) is 5.69 Å². The Balaban J connectivity index is 2.23. The zero-order chi connectivity index (χ0) is 12.3. The van der Waals surface area contributed by atoms with Crippen molar-refractivity contribution in [3.05, 3.63) is 46.8 Å². The zero-order valence-corrected chi connectivity index (χ0v) is 11.6. The lowest BCUT2D eigenvalue weighted by Gasteiger charge is -2.06. The fourth-order valence-electron chi connectivity index (χ4n) is 1.78. The van der Waals surface area contributed by atoms with Crippen molar-refractivity contribution >= 4 is 15.9 Å². The molecule has 0 spiro atoms. The summed E-state index contributed by atoms with van der Waals surface area (Å²) in [5, 5.41) is 0. The minimum absolute atomic E-state index is 0.626. The molecule has 3 heteroatoms. The first-order valence-corrected chi connectivity index (χ1v) is 6.52. The summed E-state index contributed by atoms with van der Waals surface area (Å²) in [4.78, 5) is 8.37. The molecule has 88 valence electrons. The van der Waals surface area contributed by atoms with E-state index in [2.05, 4.69) is 64.0 Å². The van der Waals surface area contributed by atoms with Crippen molar-refractivity contribution in [1.82, 2.24) is 9.97 Å². The van der Waals surface area contributed by atoms with E-state index in [-0.39, 0.29) is 0 Å². The Morgan fingerprint density at radius 2 is 1.82 bits per heavy atom. The average molecular weight is 291 g/mol. The summed E-state index contributed by atoms with van der Waals surface area (Å²) in [6.07, 6.45) is 2.88. The summed E-state index contributed by atoms with van der Waals surface area (Å²) in [6.45, 7) is 4.46. The maximum absolute atomic E-state index is 4.34. The fourth-order valence-corrected chi connectivity index (χ4v) is 2.09. The zero-order valence-electron chi connectivity index (χ0n) is 10.0. The summed E-state index contributed by atoms with van der Waals surface area (Å²) >= 11 is 3.28. The summed E-state index contributed by atoms with van der Waals surface area (Å²) in [7, 11) is 0. The van der Waals surface area contributed by atoms with Crippen LogP contribution >= 0.6 is 15.9 Å². The van der Waals surface area contributed by atoms with Crippen LogP contribution in [0.4, 0.5) is 0 Å². The van der Waals surface area contributed by atoms with E-state index in [1.54, 1.807) is 6.20 Å². The molecule has 1 heterocycles. The summed E-state index contributed by atoms with van der Waals surface area (Å²) in [5.74, 6) is 0.689. The largest absolute Gasteiger partial charge is 0.231 e. The predicted octanol–water partition coefficient (Wildman–Crippen LogP) is 4.10. The van der Waals surface area contributed by atoms with E-state index in [0.717, 1.165) is 17.7 Å². The molecule has 2 nitrogen and oxygen atoms in total. The van der Waals surface area contributed by atoms with Gasteiger partial charge in [-0.05, 0) is 39.9 Å². The molecule has 0 bridgehead atoms. The topological polar surface area (TPSA) is 25.8 Å². The molecular formula is C14H15BrN2. The van der Waals surface area contributed by atoms with Gasteiger partial charge in [-0.3, -0.25) is 0 Å². The van der Waals surface area contributed by atoms with Gasteiger partial charge in [0.2, 0.25) is 0 Å². The Bertz CT molecular complexity index is 492. The van der Waals surface area contributed by atoms with Crippen molar-refractivity contribution in [1.29, 1.82) is 0 Å². The molecule has 2 rings (SSSR count). The van der Waals surface area contributed by atoms with Gasteiger partial charge < -0.3 is 0 Å². The SMILES string of the molecule is CC(C)Cc1ccc(-c2ccnc(Br)n2)cc1. The van der Waals surface area contributed by atoms with E-state index in [4.69, 9.17) is 0 Å². The highest BCUT2D eigenvalue weighted by atomic mass is 79.9. The number of benzene rings is 1. The Morgan fingerprint density at radius 1 is 1.12 bits per heavy atom. The van der Waals surface area contributed by atoms with Crippen LogP contribution in [0, 0.1) is 5.92 Å². The van der Waals surface area contributed by atoms with Crippen molar-refractivity contribution in [3.63, 3.8) is 0 Å². The van der Waals surface area contributed by atoms with Gasteiger partial charge in [-0.15, -0.1) is 0 Å². The summed E-state index contributed by atoms with van der Waals surface area (Å²) in [6, 6.07) is 10.5. The highest BCUT2D eigenvalue weighted by molar-refractivity contribution is 9.10. The number of hydrogen-bond donors (Lipinski definition) is 0. The van der Waals surface area contributed by atoms with Crippen LogP contribution in [-0.2, 0) is 6.42 Å². The fraction of sp³-hybridized carbons (Fsp3) is 0.286. The monoisotopic (exact) mass is 290 g/mol. The Hall–Kier alpha value is -1.22. The smallest absolute Gasteiger partial charge is 0.197 e. The molecule has 0 aliphatic heterocycles. The number of nitrogens with zero attached hydrogens (tertiary/aromatic N) is 2. The van der Waals surface area contributed by atoms with Gasteiger partial charge in [-0.1, -0.05) is 38.1 Å². The van der Waals surface area contributed by atoms with E-state index < -0.39 is 0 Å². The maximum atomic E-state index is 4.34. The lowest BCUT2D eigenvalue weighted by atomic mass is 10.0. The molecule has 0 aliphatic rings. The van der Waals surface area contributed by atoms with Crippen molar-refractivity contribution in [2.75, 3.05) is 0 Å². The predicted molar refractivity (Wildman–Crippen MR) is 73.7 cm³/mol. The first-order valence-electron chi connectivity index (χ1n) is 5.73. The van der Waals surface area contributed by atoms with Gasteiger partial charge in [0, 0.05) is 11.8 Å². The molecule has 0 aliphatic carbocycles. The van der Waals surface area contributed by atoms with Gasteiger partial charge in [0.1, 0.15) is 0 Å². The number of hydrogen-bond acceptors (Lipinski definition) is 2. The van der Waals surface area contributed by atoms with Crippen LogP contribution in [0.2, 0.25) is 0 Å². The molecule has 0 saturated carbocycles. The molecule has 0 N–H and O–H groups in total. The molecular weight excluding hydrogens is 276 g/mol. The Kier molecular flexibility index (Phi) is 3.89. The van der Waals surface area contributed by atoms with E-state index in [1.165, 1.54) is 5.56 Å².